The molecular weight excluding hydrogens is 348 g/mol. The largest absolute Gasteiger partial charge is 0.354 e. The third kappa shape index (κ3) is 3.04. The molecule has 3 aromatic rings. The number of benzene rings is 2. The Morgan fingerprint density at radius 2 is 1.82 bits per heavy atom. The first kappa shape index (κ1) is 17.0. The first-order valence-electron chi connectivity index (χ1n) is 9.73. The third-order valence-corrected chi connectivity index (χ3v) is 5.54. The van der Waals surface area contributed by atoms with Gasteiger partial charge in [-0.3, -0.25) is 4.79 Å². The highest BCUT2D eigenvalue weighted by molar-refractivity contribution is 6.07. The molecule has 0 bridgehead atoms. The van der Waals surface area contributed by atoms with Crippen molar-refractivity contribution >= 4 is 17.4 Å². The number of carbonyl (C=O) groups is 1. The Morgan fingerprint density at radius 3 is 2.71 bits per heavy atom. The van der Waals surface area contributed by atoms with Crippen molar-refractivity contribution in [1.29, 1.82) is 0 Å². The lowest BCUT2D eigenvalue weighted by Crippen LogP contribution is -2.43. The van der Waals surface area contributed by atoms with Crippen molar-refractivity contribution < 1.29 is 4.79 Å². The molecular formula is C23H22N4O. The van der Waals surface area contributed by atoms with E-state index >= 15 is 0 Å². The molecule has 1 saturated heterocycles. The summed E-state index contributed by atoms with van der Waals surface area (Å²) in [6.45, 7) is 3.76. The second-order valence-electron chi connectivity index (χ2n) is 7.26. The summed E-state index contributed by atoms with van der Waals surface area (Å²) in [5.41, 5.74) is 6.31. The lowest BCUT2D eigenvalue weighted by atomic mass is 10.0. The molecule has 1 aliphatic heterocycles. The number of hydrogen-bond acceptors (Lipinski definition) is 4. The highest BCUT2D eigenvalue weighted by Gasteiger charge is 2.23. The molecule has 1 amide bonds. The van der Waals surface area contributed by atoms with Crippen LogP contribution in [0.5, 0.6) is 0 Å². The number of carbonyl (C=O) groups excluding carboxylic acids is 1. The third-order valence-electron chi connectivity index (χ3n) is 5.54. The Labute approximate surface area is 164 Å². The molecule has 5 heteroatoms. The number of aromatic nitrogens is 1. The van der Waals surface area contributed by atoms with Gasteiger partial charge < -0.3 is 15.5 Å². The molecule has 2 heterocycles. The number of amides is 1. The van der Waals surface area contributed by atoms with Crippen LogP contribution in [-0.2, 0) is 6.42 Å². The highest BCUT2D eigenvalue weighted by Crippen LogP contribution is 2.38. The number of nitrogens with one attached hydrogen (secondary N) is 2. The normalized spacial score (nSPS) is 15.1. The van der Waals surface area contributed by atoms with E-state index in [1.165, 1.54) is 16.7 Å². The molecule has 140 valence electrons. The van der Waals surface area contributed by atoms with Crippen LogP contribution in [0.1, 0.15) is 21.5 Å². The minimum absolute atomic E-state index is 0.0675. The van der Waals surface area contributed by atoms with Crippen molar-refractivity contribution in [3.05, 3.63) is 77.5 Å². The minimum Gasteiger partial charge on any atom is -0.354 e. The van der Waals surface area contributed by atoms with Gasteiger partial charge in [-0.05, 0) is 40.8 Å². The number of fused-ring (bicyclic) bond motifs is 3. The van der Waals surface area contributed by atoms with Crippen molar-refractivity contribution in [2.75, 3.05) is 36.4 Å². The molecule has 1 aliphatic carbocycles. The van der Waals surface area contributed by atoms with E-state index in [1.54, 1.807) is 6.20 Å². The number of hydrogen-bond donors (Lipinski definition) is 2. The standard InChI is InChI=1S/C23H22N4O/c28-23(26-17-8-9-25-22(15-17)27-12-10-24-11-13-27)20-7-3-6-19-18-5-2-1-4-16(18)14-21(19)20/h1-9,15,24H,10-14H2,(H,25,26,28). The first-order chi connectivity index (χ1) is 13.8. The lowest BCUT2D eigenvalue weighted by Gasteiger charge is -2.28. The maximum Gasteiger partial charge on any atom is 0.255 e. The van der Waals surface area contributed by atoms with Gasteiger partial charge in [-0.2, -0.15) is 0 Å². The number of rotatable bonds is 3. The first-order valence-corrected chi connectivity index (χ1v) is 9.73. The molecule has 2 N–H and O–H groups in total. The van der Waals surface area contributed by atoms with Crippen LogP contribution < -0.4 is 15.5 Å². The molecule has 0 radical (unpaired) electrons. The molecule has 1 fully saturated rings. The van der Waals surface area contributed by atoms with Gasteiger partial charge in [0.1, 0.15) is 5.82 Å². The molecule has 0 unspecified atom stereocenters. The van der Waals surface area contributed by atoms with Gasteiger partial charge in [-0.1, -0.05) is 36.4 Å². The summed E-state index contributed by atoms with van der Waals surface area (Å²) in [6, 6.07) is 18.2. The quantitative estimate of drug-likeness (QED) is 0.581. The van der Waals surface area contributed by atoms with Gasteiger partial charge >= 0.3 is 0 Å². The SMILES string of the molecule is O=C(Nc1ccnc(N2CCNCC2)c1)c1cccc2c1Cc1ccccc1-2. The summed E-state index contributed by atoms with van der Waals surface area (Å²) in [5, 5.41) is 6.42. The lowest BCUT2D eigenvalue weighted by molar-refractivity contribution is 0.102. The Kier molecular flexibility index (Phi) is 4.29. The van der Waals surface area contributed by atoms with Crippen LogP contribution >= 0.6 is 0 Å². The van der Waals surface area contributed by atoms with Crippen molar-refractivity contribution in [3.8, 4) is 11.1 Å². The van der Waals surface area contributed by atoms with E-state index in [4.69, 9.17) is 0 Å². The topological polar surface area (TPSA) is 57.3 Å². The number of piperazine rings is 1. The molecule has 0 spiro atoms. The zero-order valence-electron chi connectivity index (χ0n) is 15.6. The predicted octanol–water partition coefficient (Wildman–Crippen LogP) is 3.31. The van der Waals surface area contributed by atoms with Crippen molar-refractivity contribution in [2.45, 2.75) is 6.42 Å². The number of nitrogens with zero attached hydrogens (tertiary/aromatic N) is 2. The van der Waals surface area contributed by atoms with Crippen molar-refractivity contribution in [1.82, 2.24) is 10.3 Å². The fourth-order valence-corrected chi connectivity index (χ4v) is 4.13. The summed E-state index contributed by atoms with van der Waals surface area (Å²) in [6.07, 6.45) is 2.57. The van der Waals surface area contributed by atoms with Gasteiger partial charge in [0.25, 0.3) is 5.91 Å². The molecule has 5 rings (SSSR count). The monoisotopic (exact) mass is 370 g/mol. The summed E-state index contributed by atoms with van der Waals surface area (Å²) in [7, 11) is 0. The van der Waals surface area contributed by atoms with Gasteiger partial charge in [0.05, 0.1) is 0 Å². The fourth-order valence-electron chi connectivity index (χ4n) is 4.13. The second-order valence-corrected chi connectivity index (χ2v) is 7.26. The van der Waals surface area contributed by atoms with E-state index in [1.807, 2.05) is 24.3 Å². The molecule has 5 nitrogen and oxygen atoms in total. The Balaban J connectivity index is 1.40. The average Bonchev–Trinajstić information content (AvgIpc) is 3.13. The molecule has 0 atom stereocenters. The van der Waals surface area contributed by atoms with Crippen molar-refractivity contribution in [2.24, 2.45) is 0 Å². The van der Waals surface area contributed by atoms with Gasteiger partial charge in [0.15, 0.2) is 0 Å². The van der Waals surface area contributed by atoms with Crippen LogP contribution in [0.4, 0.5) is 11.5 Å². The molecule has 0 saturated carbocycles. The van der Waals surface area contributed by atoms with Crippen LogP contribution in [0.25, 0.3) is 11.1 Å². The van der Waals surface area contributed by atoms with Gasteiger partial charge in [-0.15, -0.1) is 0 Å². The van der Waals surface area contributed by atoms with Gasteiger partial charge in [0, 0.05) is 49.7 Å². The molecule has 2 aromatic carbocycles. The number of anilines is 2. The van der Waals surface area contributed by atoms with Crippen LogP contribution in [0.2, 0.25) is 0 Å². The maximum absolute atomic E-state index is 13.1. The fraction of sp³-hybridized carbons (Fsp3) is 0.217. The van der Waals surface area contributed by atoms with E-state index in [0.717, 1.165) is 55.2 Å². The van der Waals surface area contributed by atoms with Crippen LogP contribution in [0.15, 0.2) is 60.8 Å². The summed E-state index contributed by atoms with van der Waals surface area (Å²) < 4.78 is 0. The van der Waals surface area contributed by atoms with E-state index in [0.29, 0.717) is 0 Å². The van der Waals surface area contributed by atoms with Gasteiger partial charge in [0.2, 0.25) is 0 Å². The zero-order valence-corrected chi connectivity index (χ0v) is 15.6. The van der Waals surface area contributed by atoms with Crippen LogP contribution in [0.3, 0.4) is 0 Å². The van der Waals surface area contributed by atoms with Gasteiger partial charge in [-0.25, -0.2) is 4.98 Å². The Hall–Kier alpha value is -3.18. The van der Waals surface area contributed by atoms with E-state index < -0.39 is 0 Å². The second kappa shape index (κ2) is 7.09. The summed E-state index contributed by atoms with van der Waals surface area (Å²) in [5.74, 6) is 0.840. The minimum atomic E-state index is -0.0675. The molecule has 2 aliphatic rings. The maximum atomic E-state index is 13.1. The van der Waals surface area contributed by atoms with E-state index in [9.17, 15) is 4.79 Å². The Morgan fingerprint density at radius 1 is 1.00 bits per heavy atom. The summed E-state index contributed by atoms with van der Waals surface area (Å²) in [4.78, 5) is 19.8. The van der Waals surface area contributed by atoms with Crippen LogP contribution in [0, 0.1) is 0 Å². The van der Waals surface area contributed by atoms with Crippen LogP contribution in [-0.4, -0.2) is 37.1 Å². The Bertz CT molecular complexity index is 1040. The highest BCUT2D eigenvalue weighted by atomic mass is 16.1. The van der Waals surface area contributed by atoms with Crippen molar-refractivity contribution in [3.63, 3.8) is 0 Å². The van der Waals surface area contributed by atoms with E-state index in [-0.39, 0.29) is 5.91 Å². The molecule has 28 heavy (non-hydrogen) atoms. The zero-order chi connectivity index (χ0) is 18.9. The summed E-state index contributed by atoms with van der Waals surface area (Å²) >= 11 is 0. The average molecular weight is 370 g/mol. The smallest absolute Gasteiger partial charge is 0.255 e. The number of pyridine rings is 1. The predicted molar refractivity (Wildman–Crippen MR) is 112 cm³/mol. The van der Waals surface area contributed by atoms with E-state index in [2.05, 4.69) is 50.8 Å². The molecule has 1 aromatic heterocycles.